The molecule has 0 unspecified atom stereocenters. The predicted molar refractivity (Wildman–Crippen MR) is 75.2 cm³/mol. The molecule has 0 aliphatic heterocycles. The zero-order valence-corrected chi connectivity index (χ0v) is 15.8. The van der Waals surface area contributed by atoms with Gasteiger partial charge in [-0.05, 0) is 28.0 Å². The zero-order chi connectivity index (χ0) is 14.3. The van der Waals surface area contributed by atoms with Crippen molar-refractivity contribution in [3.63, 3.8) is 0 Å². The van der Waals surface area contributed by atoms with Crippen LogP contribution in [0.5, 0.6) is 0 Å². The molecule has 1 rings (SSSR count). The maximum absolute atomic E-state index is 11.3. The Morgan fingerprint density at radius 2 is 1.53 bits per heavy atom. The van der Waals surface area contributed by atoms with Gasteiger partial charge in [0.15, 0.2) is 0 Å². The third kappa shape index (κ3) is 4.04. The van der Waals surface area contributed by atoms with E-state index < -0.39 is 5.97 Å². The van der Waals surface area contributed by atoms with Crippen LogP contribution in [-0.4, -0.2) is 11.1 Å². The Labute approximate surface area is 128 Å². The number of aromatic carboxylic acids is 1. The second-order valence-corrected chi connectivity index (χ2v) is 6.79. The second-order valence-electron chi connectivity index (χ2n) is 6.79. The smallest absolute Gasteiger partial charge is 0.337 e. The van der Waals surface area contributed by atoms with Crippen LogP contribution in [0, 0.1) is 0 Å². The van der Waals surface area contributed by atoms with Crippen molar-refractivity contribution in [3.8, 4) is 0 Å². The van der Waals surface area contributed by atoms with E-state index in [0.717, 1.165) is 11.1 Å². The molecule has 0 atom stereocenters. The van der Waals surface area contributed by atoms with Crippen LogP contribution in [0.2, 0.25) is 0 Å². The molecule has 0 aliphatic rings. The minimum absolute atomic E-state index is 0. The van der Waals surface area contributed by atoms with E-state index in [2.05, 4.69) is 20.8 Å². The fourth-order valence-corrected chi connectivity index (χ4v) is 1.88. The number of carboxylic acids is 1. The van der Waals surface area contributed by atoms with Crippen molar-refractivity contribution in [2.45, 2.75) is 52.4 Å². The molecule has 1 aromatic carbocycles. The molecule has 0 bridgehead atoms. The normalized spacial score (nSPS) is 11.9. The molecule has 0 spiro atoms. The summed E-state index contributed by atoms with van der Waals surface area (Å²) in [6.07, 6.45) is 0. The van der Waals surface area contributed by atoms with Gasteiger partial charge in [0, 0.05) is 25.2 Å². The van der Waals surface area contributed by atoms with E-state index in [9.17, 15) is 9.90 Å². The molecule has 0 heterocycles. The van der Waals surface area contributed by atoms with Crippen LogP contribution in [0.3, 0.4) is 0 Å². The number of anilines is 1. The molecule has 0 radical (unpaired) electrons. The van der Waals surface area contributed by atoms with Crippen LogP contribution in [0.25, 0.3) is 0 Å². The molecule has 19 heavy (non-hydrogen) atoms. The Morgan fingerprint density at radius 1 is 1.05 bits per heavy atom. The Morgan fingerprint density at radius 3 is 1.84 bits per heavy atom. The van der Waals surface area contributed by atoms with Crippen LogP contribution >= 0.6 is 0 Å². The summed E-state index contributed by atoms with van der Waals surface area (Å²) in [7, 11) is 0. The predicted octanol–water partition coefficient (Wildman–Crippen LogP) is 3.56. The first-order valence-corrected chi connectivity index (χ1v) is 6.12. The topological polar surface area (TPSA) is 63.3 Å². The van der Waals surface area contributed by atoms with Gasteiger partial charge in [0.1, 0.15) is 0 Å². The van der Waals surface area contributed by atoms with Gasteiger partial charge in [-0.2, -0.15) is 0 Å². The van der Waals surface area contributed by atoms with Gasteiger partial charge in [-0.1, -0.05) is 47.6 Å². The number of benzene rings is 1. The van der Waals surface area contributed by atoms with E-state index in [4.69, 9.17) is 5.73 Å². The summed E-state index contributed by atoms with van der Waals surface area (Å²) in [6, 6.07) is 3.72. The average Bonchev–Trinajstić information content (AvgIpc) is 2.13. The summed E-state index contributed by atoms with van der Waals surface area (Å²) in [6.45, 7) is 12.3. The standard InChI is InChI=1S/C15H23NO2.Zn/c1-14(2,3)9-7-10(13(17)18)12(16)11(8-9)15(4,5)6;/h7-8H,16H2,1-6H3,(H,17,18);. The van der Waals surface area contributed by atoms with E-state index in [1.807, 2.05) is 26.8 Å². The molecule has 0 amide bonds. The Bertz CT molecular complexity index is 482. The van der Waals surface area contributed by atoms with Gasteiger partial charge in [-0.25, -0.2) is 4.79 Å². The first kappa shape index (κ1) is 18.1. The van der Waals surface area contributed by atoms with Crippen LogP contribution in [0.4, 0.5) is 5.69 Å². The van der Waals surface area contributed by atoms with Crippen LogP contribution in [-0.2, 0) is 30.3 Å². The molecule has 3 nitrogen and oxygen atoms in total. The molecule has 0 fully saturated rings. The third-order valence-corrected chi connectivity index (χ3v) is 3.08. The van der Waals surface area contributed by atoms with Crippen molar-refractivity contribution in [2.24, 2.45) is 0 Å². The molecule has 4 heteroatoms. The van der Waals surface area contributed by atoms with Crippen LogP contribution in [0.15, 0.2) is 12.1 Å². The molecule has 0 saturated carbocycles. The number of nitrogen functional groups attached to an aromatic ring is 1. The molecule has 0 aliphatic carbocycles. The number of carbonyl (C=O) groups is 1. The van der Waals surface area contributed by atoms with Gasteiger partial charge in [-0.3, -0.25) is 0 Å². The fourth-order valence-electron chi connectivity index (χ4n) is 1.88. The van der Waals surface area contributed by atoms with Crippen molar-refractivity contribution >= 4 is 11.7 Å². The summed E-state index contributed by atoms with van der Waals surface area (Å²) >= 11 is 0. The number of nitrogens with two attached hydrogens (primary N) is 1. The van der Waals surface area contributed by atoms with Crippen molar-refractivity contribution < 1.29 is 29.4 Å². The number of rotatable bonds is 1. The second kappa shape index (κ2) is 5.62. The summed E-state index contributed by atoms with van der Waals surface area (Å²) < 4.78 is 0. The molecule has 0 saturated heterocycles. The van der Waals surface area contributed by atoms with Crippen molar-refractivity contribution in [1.29, 1.82) is 0 Å². The van der Waals surface area contributed by atoms with Gasteiger partial charge in [0.2, 0.25) is 0 Å². The van der Waals surface area contributed by atoms with E-state index in [-0.39, 0.29) is 35.9 Å². The molecule has 102 valence electrons. The third-order valence-electron chi connectivity index (χ3n) is 3.08. The van der Waals surface area contributed by atoms with E-state index in [1.54, 1.807) is 6.07 Å². The molecular formula is C15H23NO2Zn. The van der Waals surface area contributed by atoms with E-state index in [1.165, 1.54) is 0 Å². The van der Waals surface area contributed by atoms with Crippen molar-refractivity contribution in [1.82, 2.24) is 0 Å². The van der Waals surface area contributed by atoms with Crippen LogP contribution in [0.1, 0.15) is 63.0 Å². The summed E-state index contributed by atoms with van der Waals surface area (Å²) in [4.78, 5) is 11.3. The molecule has 0 aromatic heterocycles. The first-order chi connectivity index (χ1) is 7.94. The molecule has 1 aromatic rings. The van der Waals surface area contributed by atoms with Crippen molar-refractivity contribution in [2.75, 3.05) is 5.73 Å². The summed E-state index contributed by atoms with van der Waals surface area (Å²) in [5.74, 6) is -0.968. The Balaban J connectivity index is 0.00000324. The van der Waals surface area contributed by atoms with Gasteiger partial charge in [-0.15, -0.1) is 0 Å². The van der Waals surface area contributed by atoms with E-state index in [0.29, 0.717) is 5.69 Å². The number of hydrogen-bond acceptors (Lipinski definition) is 2. The molecule has 3 N–H and O–H groups in total. The maximum atomic E-state index is 11.3. The summed E-state index contributed by atoms with van der Waals surface area (Å²) in [5.41, 5.74) is 8.21. The minimum atomic E-state index is -0.968. The average molecular weight is 315 g/mol. The fraction of sp³-hybridized carbons (Fsp3) is 0.533. The van der Waals surface area contributed by atoms with Crippen molar-refractivity contribution in [3.05, 3.63) is 28.8 Å². The van der Waals surface area contributed by atoms with Gasteiger partial charge in [0.25, 0.3) is 0 Å². The number of hydrogen-bond donors (Lipinski definition) is 2. The molecular weight excluding hydrogens is 292 g/mol. The van der Waals surface area contributed by atoms with Gasteiger partial charge in [0.05, 0.1) is 5.56 Å². The van der Waals surface area contributed by atoms with Gasteiger partial charge < -0.3 is 10.8 Å². The Hall–Kier alpha value is -0.887. The zero-order valence-electron chi connectivity index (χ0n) is 12.8. The largest absolute Gasteiger partial charge is 0.478 e. The first-order valence-electron chi connectivity index (χ1n) is 6.12. The Kier molecular flexibility index (Phi) is 5.36. The van der Waals surface area contributed by atoms with E-state index >= 15 is 0 Å². The minimum Gasteiger partial charge on any atom is -0.478 e. The maximum Gasteiger partial charge on any atom is 0.337 e. The SMILES string of the molecule is CC(C)(C)c1cc(C(=O)O)c(N)c(C(C)(C)C)c1.[Zn]. The monoisotopic (exact) mass is 313 g/mol. The summed E-state index contributed by atoms with van der Waals surface area (Å²) in [5, 5.41) is 9.27. The van der Waals surface area contributed by atoms with Gasteiger partial charge >= 0.3 is 5.97 Å². The van der Waals surface area contributed by atoms with Crippen LogP contribution < -0.4 is 5.73 Å². The quantitative estimate of drug-likeness (QED) is 0.615. The number of carboxylic acid groups (broad SMARTS) is 1.